The van der Waals surface area contributed by atoms with Crippen LogP contribution in [0, 0.1) is 6.92 Å². The van der Waals surface area contributed by atoms with Crippen molar-refractivity contribution in [1.82, 2.24) is 0 Å². The van der Waals surface area contributed by atoms with E-state index in [1.165, 1.54) is 5.56 Å². The molecule has 2 aromatic rings. The van der Waals surface area contributed by atoms with Crippen LogP contribution in [-0.4, -0.2) is 11.1 Å². The highest BCUT2D eigenvalue weighted by atomic mass is 79.9. The Morgan fingerprint density at radius 2 is 1.79 bits per heavy atom. The van der Waals surface area contributed by atoms with Gasteiger partial charge in [-0.2, -0.15) is 0 Å². The first kappa shape index (κ1) is 14.1. The second-order valence-corrected chi connectivity index (χ2v) is 5.08. The van der Waals surface area contributed by atoms with E-state index in [-0.39, 0.29) is 11.1 Å². The quantitative estimate of drug-likeness (QED) is 0.577. The lowest BCUT2D eigenvalue weighted by Gasteiger charge is -2.08. The third kappa shape index (κ3) is 3.58. The van der Waals surface area contributed by atoms with Gasteiger partial charge in [-0.05, 0) is 31.2 Å². The van der Waals surface area contributed by atoms with Crippen LogP contribution in [0.25, 0.3) is 0 Å². The van der Waals surface area contributed by atoms with Gasteiger partial charge in [0.2, 0.25) is 0 Å². The minimum Gasteiger partial charge on any atom is -0.457 e. The fraction of sp³-hybridized carbons (Fsp3) is 0.133. The summed E-state index contributed by atoms with van der Waals surface area (Å²) in [5.74, 6) is 1.30. The lowest BCUT2D eigenvalue weighted by molar-refractivity contribution is 0.102. The summed E-state index contributed by atoms with van der Waals surface area (Å²) in [4.78, 5) is 11.6. The SMILES string of the molecule is Cc1ccc(Oc2ccc(C(=O)CBr)c(Cl)c2)cc1. The van der Waals surface area contributed by atoms with Gasteiger partial charge in [0.15, 0.2) is 5.78 Å². The Bertz CT molecular complexity index is 594. The molecular weight excluding hydrogens is 328 g/mol. The summed E-state index contributed by atoms with van der Waals surface area (Å²) >= 11 is 9.20. The number of ether oxygens (including phenoxy) is 1. The van der Waals surface area contributed by atoms with Crippen molar-refractivity contribution in [2.24, 2.45) is 0 Å². The number of ketones is 1. The van der Waals surface area contributed by atoms with Crippen LogP contribution >= 0.6 is 27.5 Å². The summed E-state index contributed by atoms with van der Waals surface area (Å²) in [5, 5.41) is 0.652. The minimum atomic E-state index is -0.0492. The molecule has 0 aliphatic heterocycles. The Hall–Kier alpha value is -1.32. The fourth-order valence-electron chi connectivity index (χ4n) is 1.60. The highest BCUT2D eigenvalue weighted by Gasteiger charge is 2.10. The topological polar surface area (TPSA) is 26.3 Å². The van der Waals surface area contributed by atoms with E-state index in [9.17, 15) is 4.79 Å². The third-order valence-corrected chi connectivity index (χ3v) is 3.44. The fourth-order valence-corrected chi connectivity index (χ4v) is 2.18. The molecule has 0 saturated heterocycles. The lowest BCUT2D eigenvalue weighted by atomic mass is 10.1. The average Bonchev–Trinajstić information content (AvgIpc) is 2.41. The van der Waals surface area contributed by atoms with E-state index in [1.807, 2.05) is 31.2 Å². The van der Waals surface area contributed by atoms with Gasteiger partial charge in [-0.25, -0.2) is 0 Å². The van der Waals surface area contributed by atoms with E-state index < -0.39 is 0 Å². The zero-order chi connectivity index (χ0) is 13.8. The highest BCUT2D eigenvalue weighted by molar-refractivity contribution is 9.09. The molecule has 0 bridgehead atoms. The normalized spacial score (nSPS) is 10.3. The molecular formula is C15H12BrClO2. The van der Waals surface area contributed by atoms with Gasteiger partial charge in [0.1, 0.15) is 11.5 Å². The molecule has 0 saturated carbocycles. The van der Waals surface area contributed by atoms with E-state index in [4.69, 9.17) is 16.3 Å². The first-order chi connectivity index (χ1) is 9.10. The van der Waals surface area contributed by atoms with Crippen molar-refractivity contribution in [3.8, 4) is 11.5 Å². The molecule has 19 heavy (non-hydrogen) atoms. The molecule has 0 N–H and O–H groups in total. The Morgan fingerprint density at radius 1 is 1.16 bits per heavy atom. The molecule has 4 heteroatoms. The number of alkyl halides is 1. The molecule has 2 aromatic carbocycles. The van der Waals surface area contributed by atoms with Gasteiger partial charge in [-0.1, -0.05) is 45.2 Å². The molecule has 2 rings (SSSR count). The van der Waals surface area contributed by atoms with Gasteiger partial charge < -0.3 is 4.74 Å². The molecule has 0 radical (unpaired) electrons. The highest BCUT2D eigenvalue weighted by Crippen LogP contribution is 2.27. The van der Waals surface area contributed by atoms with Crippen molar-refractivity contribution in [2.75, 3.05) is 5.33 Å². The number of aryl methyl sites for hydroxylation is 1. The van der Waals surface area contributed by atoms with E-state index in [2.05, 4.69) is 15.9 Å². The second kappa shape index (κ2) is 6.22. The van der Waals surface area contributed by atoms with E-state index >= 15 is 0 Å². The first-order valence-electron chi connectivity index (χ1n) is 5.73. The predicted octanol–water partition coefficient (Wildman–Crippen LogP) is 5.02. The van der Waals surface area contributed by atoms with E-state index in [1.54, 1.807) is 18.2 Å². The van der Waals surface area contributed by atoms with Crippen molar-refractivity contribution >= 4 is 33.3 Å². The Morgan fingerprint density at radius 3 is 2.37 bits per heavy atom. The maximum atomic E-state index is 11.6. The molecule has 0 atom stereocenters. The standard InChI is InChI=1S/C15H12BrClO2/c1-10-2-4-11(5-3-10)19-12-6-7-13(14(17)8-12)15(18)9-16/h2-8H,9H2,1H3. The summed E-state index contributed by atoms with van der Waals surface area (Å²) in [6, 6.07) is 12.8. The molecule has 0 fully saturated rings. The summed E-state index contributed by atoms with van der Waals surface area (Å²) in [6.45, 7) is 2.02. The number of Topliss-reactive ketones (excluding diaryl/α,β-unsaturated/α-hetero) is 1. The summed E-state index contributed by atoms with van der Waals surface area (Å²) in [5.41, 5.74) is 1.67. The Balaban J connectivity index is 2.20. The largest absolute Gasteiger partial charge is 0.457 e. The van der Waals surface area contributed by atoms with Gasteiger partial charge in [0.05, 0.1) is 10.4 Å². The van der Waals surface area contributed by atoms with Gasteiger partial charge in [-0.3, -0.25) is 4.79 Å². The summed E-state index contributed by atoms with van der Waals surface area (Å²) in [7, 11) is 0. The van der Waals surface area contributed by atoms with Crippen molar-refractivity contribution in [3.63, 3.8) is 0 Å². The molecule has 0 amide bonds. The third-order valence-electron chi connectivity index (χ3n) is 2.62. The Kier molecular flexibility index (Phi) is 4.61. The van der Waals surface area contributed by atoms with E-state index in [0.29, 0.717) is 16.3 Å². The number of rotatable bonds is 4. The number of hydrogen-bond acceptors (Lipinski definition) is 2. The number of benzene rings is 2. The minimum absolute atomic E-state index is 0.0492. The zero-order valence-corrected chi connectivity index (χ0v) is 12.7. The summed E-state index contributed by atoms with van der Waals surface area (Å²) < 4.78 is 5.68. The summed E-state index contributed by atoms with van der Waals surface area (Å²) in [6.07, 6.45) is 0. The van der Waals surface area contributed by atoms with Crippen LogP contribution in [0.5, 0.6) is 11.5 Å². The molecule has 98 valence electrons. The van der Waals surface area contributed by atoms with Gasteiger partial charge in [0.25, 0.3) is 0 Å². The molecule has 0 unspecified atom stereocenters. The number of halogens is 2. The molecule has 0 heterocycles. The van der Waals surface area contributed by atoms with Crippen molar-refractivity contribution in [3.05, 3.63) is 58.6 Å². The molecule has 0 spiro atoms. The van der Waals surface area contributed by atoms with Crippen molar-refractivity contribution < 1.29 is 9.53 Å². The van der Waals surface area contributed by atoms with Gasteiger partial charge in [0, 0.05) is 11.6 Å². The predicted molar refractivity (Wildman–Crippen MR) is 80.8 cm³/mol. The van der Waals surface area contributed by atoms with Gasteiger partial charge >= 0.3 is 0 Å². The monoisotopic (exact) mass is 338 g/mol. The van der Waals surface area contributed by atoms with Crippen molar-refractivity contribution in [2.45, 2.75) is 6.92 Å². The average molecular weight is 340 g/mol. The number of hydrogen-bond donors (Lipinski definition) is 0. The smallest absolute Gasteiger partial charge is 0.174 e. The zero-order valence-electron chi connectivity index (χ0n) is 10.3. The van der Waals surface area contributed by atoms with Crippen LogP contribution in [0.3, 0.4) is 0 Å². The number of carbonyl (C=O) groups is 1. The second-order valence-electron chi connectivity index (χ2n) is 4.11. The molecule has 0 aromatic heterocycles. The van der Waals surface area contributed by atoms with Crippen LogP contribution in [0.2, 0.25) is 5.02 Å². The molecule has 0 aliphatic carbocycles. The Labute approximate surface area is 125 Å². The van der Waals surface area contributed by atoms with E-state index in [0.717, 1.165) is 5.75 Å². The maximum absolute atomic E-state index is 11.6. The van der Waals surface area contributed by atoms with Crippen LogP contribution in [0.1, 0.15) is 15.9 Å². The van der Waals surface area contributed by atoms with Gasteiger partial charge in [-0.15, -0.1) is 0 Å². The van der Waals surface area contributed by atoms with Crippen LogP contribution in [-0.2, 0) is 0 Å². The lowest BCUT2D eigenvalue weighted by Crippen LogP contribution is -2.00. The van der Waals surface area contributed by atoms with Crippen LogP contribution in [0.15, 0.2) is 42.5 Å². The van der Waals surface area contributed by atoms with Crippen LogP contribution in [0.4, 0.5) is 0 Å². The van der Waals surface area contributed by atoms with Crippen LogP contribution < -0.4 is 4.74 Å². The van der Waals surface area contributed by atoms with Crippen molar-refractivity contribution in [1.29, 1.82) is 0 Å². The maximum Gasteiger partial charge on any atom is 0.174 e. The first-order valence-corrected chi connectivity index (χ1v) is 7.23. The number of carbonyl (C=O) groups excluding carboxylic acids is 1. The molecule has 0 aliphatic rings. The molecule has 2 nitrogen and oxygen atoms in total.